The number of amides is 1. The molecular formula is C15H16FN3O3S2. The number of carbonyl (C=O) groups excluding carboxylic acids is 1. The standard InChI is InChI=1S/C15H16FN3O3S2/c1-9(23)17-7-11-8-19(14(20)22-11)10-2-3-13(12(16)6-10)18-4-5-21-15(18)24/h2-3,6,11H,4-5,7-8H2,1H3,(H,17,23). The Morgan fingerprint density at radius 3 is 2.88 bits per heavy atom. The van der Waals surface area contributed by atoms with E-state index in [9.17, 15) is 9.18 Å². The molecule has 0 bridgehead atoms. The van der Waals surface area contributed by atoms with E-state index in [-0.39, 0.29) is 11.3 Å². The Bertz CT molecular complexity index is 701. The van der Waals surface area contributed by atoms with Crippen molar-refractivity contribution in [2.24, 2.45) is 0 Å². The van der Waals surface area contributed by atoms with Crippen LogP contribution in [0.15, 0.2) is 18.2 Å². The number of ether oxygens (including phenoxy) is 2. The highest BCUT2D eigenvalue weighted by molar-refractivity contribution is 7.80. The maximum absolute atomic E-state index is 14.4. The van der Waals surface area contributed by atoms with Crippen LogP contribution in [0.5, 0.6) is 0 Å². The molecule has 9 heteroatoms. The van der Waals surface area contributed by atoms with E-state index in [1.807, 2.05) is 0 Å². The number of thiocarbonyl (C=S) groups is 2. The van der Waals surface area contributed by atoms with Crippen LogP contribution in [0.25, 0.3) is 0 Å². The summed E-state index contributed by atoms with van der Waals surface area (Å²) in [7, 11) is 0. The summed E-state index contributed by atoms with van der Waals surface area (Å²) in [5.41, 5.74) is 0.775. The first-order valence-corrected chi connectivity index (χ1v) is 8.24. The molecule has 0 aliphatic carbocycles. The van der Waals surface area contributed by atoms with Crippen molar-refractivity contribution in [2.75, 3.05) is 36.0 Å². The molecule has 0 spiro atoms. The quantitative estimate of drug-likeness (QED) is 0.817. The van der Waals surface area contributed by atoms with Gasteiger partial charge in [-0.15, -0.1) is 0 Å². The van der Waals surface area contributed by atoms with Crippen LogP contribution in [0.1, 0.15) is 6.92 Å². The third kappa shape index (κ3) is 3.41. The predicted molar refractivity (Wildman–Crippen MR) is 96.2 cm³/mol. The number of benzene rings is 1. The largest absolute Gasteiger partial charge is 0.469 e. The van der Waals surface area contributed by atoms with Crippen LogP contribution in [0.3, 0.4) is 0 Å². The van der Waals surface area contributed by atoms with Crippen molar-refractivity contribution in [3.05, 3.63) is 24.0 Å². The van der Waals surface area contributed by atoms with Crippen molar-refractivity contribution in [3.63, 3.8) is 0 Å². The predicted octanol–water partition coefficient (Wildman–Crippen LogP) is 2.21. The van der Waals surface area contributed by atoms with E-state index in [4.69, 9.17) is 33.9 Å². The van der Waals surface area contributed by atoms with Crippen LogP contribution in [-0.2, 0) is 9.47 Å². The number of carbonyl (C=O) groups is 1. The van der Waals surface area contributed by atoms with Crippen molar-refractivity contribution in [1.82, 2.24) is 5.32 Å². The fourth-order valence-corrected chi connectivity index (χ4v) is 2.95. The van der Waals surface area contributed by atoms with E-state index < -0.39 is 11.9 Å². The van der Waals surface area contributed by atoms with Crippen molar-refractivity contribution >= 4 is 52.1 Å². The second-order valence-corrected chi connectivity index (χ2v) is 6.42. The van der Waals surface area contributed by atoms with E-state index in [1.54, 1.807) is 24.0 Å². The lowest BCUT2D eigenvalue weighted by atomic mass is 10.2. The van der Waals surface area contributed by atoms with Gasteiger partial charge in [0.2, 0.25) is 0 Å². The van der Waals surface area contributed by atoms with Crippen LogP contribution in [0.2, 0.25) is 0 Å². The summed E-state index contributed by atoms with van der Waals surface area (Å²) in [5.74, 6) is -0.468. The molecule has 2 aliphatic rings. The summed E-state index contributed by atoms with van der Waals surface area (Å²) >= 11 is 9.98. The summed E-state index contributed by atoms with van der Waals surface area (Å²) in [5, 5.41) is 3.21. The van der Waals surface area contributed by atoms with Gasteiger partial charge in [0.15, 0.2) is 0 Å². The van der Waals surface area contributed by atoms with E-state index >= 15 is 0 Å². The van der Waals surface area contributed by atoms with Crippen LogP contribution in [0, 0.1) is 5.82 Å². The summed E-state index contributed by atoms with van der Waals surface area (Å²) in [6.07, 6.45) is -0.839. The van der Waals surface area contributed by atoms with Gasteiger partial charge in [-0.05, 0) is 37.3 Å². The Balaban J connectivity index is 1.73. The van der Waals surface area contributed by atoms with Crippen molar-refractivity contribution < 1.29 is 18.7 Å². The lowest BCUT2D eigenvalue weighted by Crippen LogP contribution is -2.32. The van der Waals surface area contributed by atoms with E-state index in [2.05, 4.69) is 5.32 Å². The molecule has 6 nitrogen and oxygen atoms in total. The minimum atomic E-state index is -0.504. The molecule has 0 saturated carbocycles. The normalized spacial score (nSPS) is 20.2. The fourth-order valence-electron chi connectivity index (χ4n) is 2.59. The van der Waals surface area contributed by atoms with Gasteiger partial charge in [-0.25, -0.2) is 9.18 Å². The van der Waals surface area contributed by atoms with Gasteiger partial charge in [0.05, 0.1) is 36.0 Å². The second kappa shape index (κ2) is 6.86. The van der Waals surface area contributed by atoms with Crippen molar-refractivity contribution in [3.8, 4) is 0 Å². The first-order valence-electron chi connectivity index (χ1n) is 7.42. The van der Waals surface area contributed by atoms with Gasteiger partial charge in [0, 0.05) is 0 Å². The Hall–Kier alpha value is -2.00. The lowest BCUT2D eigenvalue weighted by molar-refractivity contribution is 0.143. The van der Waals surface area contributed by atoms with Gasteiger partial charge in [0.1, 0.15) is 18.5 Å². The summed E-state index contributed by atoms with van der Waals surface area (Å²) in [6.45, 7) is 3.46. The third-order valence-corrected chi connectivity index (χ3v) is 4.23. The highest BCUT2D eigenvalue weighted by atomic mass is 32.1. The molecule has 0 aromatic heterocycles. The number of hydrogen-bond acceptors (Lipinski definition) is 5. The molecule has 0 radical (unpaired) electrons. The second-order valence-electron chi connectivity index (χ2n) is 5.46. The fraction of sp³-hybridized carbons (Fsp3) is 0.400. The summed E-state index contributed by atoms with van der Waals surface area (Å²) < 4.78 is 24.9. The zero-order chi connectivity index (χ0) is 17.3. The molecule has 1 aromatic carbocycles. The average molecular weight is 369 g/mol. The van der Waals surface area contributed by atoms with Gasteiger partial charge in [-0.2, -0.15) is 0 Å². The molecule has 2 heterocycles. The number of nitrogens with zero attached hydrogens (tertiary/aromatic N) is 2. The SMILES string of the molecule is CC(=S)NCC1CN(c2ccc(N3CCOC3=S)c(F)c2)C(=O)O1. The molecular weight excluding hydrogens is 353 g/mol. The van der Waals surface area contributed by atoms with E-state index in [0.717, 1.165) is 0 Å². The highest BCUT2D eigenvalue weighted by Gasteiger charge is 2.33. The van der Waals surface area contributed by atoms with Gasteiger partial charge >= 0.3 is 6.09 Å². The molecule has 1 aromatic rings. The van der Waals surface area contributed by atoms with Crippen molar-refractivity contribution in [1.29, 1.82) is 0 Å². The van der Waals surface area contributed by atoms with Crippen molar-refractivity contribution in [2.45, 2.75) is 13.0 Å². The first-order chi connectivity index (χ1) is 11.5. The number of cyclic esters (lactones) is 1. The van der Waals surface area contributed by atoms with E-state index in [1.165, 1.54) is 11.0 Å². The Morgan fingerprint density at radius 2 is 2.25 bits per heavy atom. The number of nitrogens with one attached hydrogen (secondary N) is 1. The minimum absolute atomic E-state index is 0.254. The Morgan fingerprint density at radius 1 is 1.46 bits per heavy atom. The maximum atomic E-state index is 14.4. The Kier molecular flexibility index (Phi) is 4.81. The average Bonchev–Trinajstić information content (AvgIpc) is 3.11. The monoisotopic (exact) mass is 369 g/mol. The molecule has 1 atom stereocenters. The highest BCUT2D eigenvalue weighted by Crippen LogP contribution is 2.29. The molecule has 2 saturated heterocycles. The topological polar surface area (TPSA) is 54.0 Å². The molecule has 1 unspecified atom stereocenters. The number of rotatable bonds is 4. The van der Waals surface area contributed by atoms with Gasteiger partial charge < -0.3 is 14.8 Å². The molecule has 128 valence electrons. The first kappa shape index (κ1) is 16.8. The molecule has 3 rings (SSSR count). The molecule has 24 heavy (non-hydrogen) atoms. The van der Waals surface area contributed by atoms with Gasteiger partial charge in [-0.1, -0.05) is 12.2 Å². The van der Waals surface area contributed by atoms with Gasteiger partial charge in [0.25, 0.3) is 5.17 Å². The smallest absolute Gasteiger partial charge is 0.414 e. The Labute approximate surface area is 149 Å². The molecule has 1 N–H and O–H groups in total. The lowest BCUT2D eigenvalue weighted by Gasteiger charge is -2.18. The van der Waals surface area contributed by atoms with Crippen LogP contribution < -0.4 is 15.1 Å². The van der Waals surface area contributed by atoms with Crippen LogP contribution in [-0.4, -0.2) is 48.6 Å². The zero-order valence-corrected chi connectivity index (χ0v) is 14.6. The summed E-state index contributed by atoms with van der Waals surface area (Å²) in [6, 6.07) is 4.56. The zero-order valence-electron chi connectivity index (χ0n) is 13.0. The number of hydrogen-bond donors (Lipinski definition) is 1. The minimum Gasteiger partial charge on any atom is -0.469 e. The number of halogens is 1. The van der Waals surface area contributed by atoms with Crippen LogP contribution >= 0.6 is 24.4 Å². The molecule has 2 fully saturated rings. The maximum Gasteiger partial charge on any atom is 0.414 e. The summed E-state index contributed by atoms with van der Waals surface area (Å²) in [4.78, 5) is 15.6. The molecule has 2 aliphatic heterocycles. The van der Waals surface area contributed by atoms with Gasteiger partial charge in [-0.3, -0.25) is 9.80 Å². The van der Waals surface area contributed by atoms with E-state index in [0.29, 0.717) is 42.6 Å². The third-order valence-electron chi connectivity index (χ3n) is 3.75. The van der Waals surface area contributed by atoms with Crippen LogP contribution in [0.4, 0.5) is 20.6 Å². The number of anilines is 2. The molecule has 1 amide bonds.